The van der Waals surface area contributed by atoms with E-state index < -0.39 is 0 Å². The highest BCUT2D eigenvalue weighted by Crippen LogP contribution is 1.94. The third-order valence-corrected chi connectivity index (χ3v) is 1.18. The zero-order valence-electron chi connectivity index (χ0n) is 5.95. The van der Waals surface area contributed by atoms with Crippen LogP contribution in [0.4, 0.5) is 0 Å². The molecule has 0 radical (unpaired) electrons. The molecule has 0 saturated heterocycles. The smallest absolute Gasteiger partial charge is 0.149 e. The quantitative estimate of drug-likeness (QED) is 0.554. The van der Waals surface area contributed by atoms with E-state index in [1.807, 2.05) is 17.2 Å². The summed E-state index contributed by atoms with van der Waals surface area (Å²) in [4.78, 5) is 16.4. The number of rotatable bonds is 2. The fraction of sp³-hybridized carbons (Fsp3) is 0.429. The Balaban J connectivity index is 2.37. The number of nitrogens with zero attached hydrogens (tertiary/aromatic N) is 2. The second-order valence-corrected chi connectivity index (χ2v) is 2.26. The van der Waals surface area contributed by atoms with Crippen molar-refractivity contribution in [3.05, 3.63) is 12.3 Å². The van der Waals surface area contributed by atoms with Crippen molar-refractivity contribution in [2.45, 2.75) is 6.92 Å². The van der Waals surface area contributed by atoms with Crippen LogP contribution in [0.15, 0.2) is 17.3 Å². The molecule has 0 aromatic carbocycles. The lowest BCUT2D eigenvalue weighted by atomic mass is 10.4. The van der Waals surface area contributed by atoms with Gasteiger partial charge in [0.2, 0.25) is 0 Å². The lowest BCUT2D eigenvalue weighted by Gasteiger charge is -2.17. The van der Waals surface area contributed by atoms with E-state index >= 15 is 0 Å². The summed E-state index contributed by atoms with van der Waals surface area (Å²) in [6, 6.07) is 0. The van der Waals surface area contributed by atoms with Gasteiger partial charge in [-0.1, -0.05) is 0 Å². The summed E-state index contributed by atoms with van der Waals surface area (Å²) in [5, 5.41) is 0. The fourth-order valence-electron chi connectivity index (χ4n) is 0.809. The first-order valence-corrected chi connectivity index (χ1v) is 3.19. The van der Waals surface area contributed by atoms with E-state index in [9.17, 15) is 4.79 Å². The molecule has 0 bridgehead atoms. The van der Waals surface area contributed by atoms with Crippen molar-refractivity contribution in [1.29, 1.82) is 0 Å². The van der Waals surface area contributed by atoms with E-state index in [1.165, 1.54) is 0 Å². The molecule has 0 amide bonds. The first-order valence-electron chi connectivity index (χ1n) is 3.19. The number of aliphatic imine (C=N–C) groups is 1. The van der Waals surface area contributed by atoms with Gasteiger partial charge in [-0.25, -0.2) is 0 Å². The van der Waals surface area contributed by atoms with Crippen molar-refractivity contribution in [2.24, 2.45) is 4.99 Å². The molecule has 0 aliphatic carbocycles. The van der Waals surface area contributed by atoms with E-state index in [1.54, 1.807) is 13.1 Å². The van der Waals surface area contributed by atoms with Gasteiger partial charge in [0.25, 0.3) is 0 Å². The van der Waals surface area contributed by atoms with Crippen LogP contribution in [0.25, 0.3) is 0 Å². The molecular formula is C7H10N2O. The second-order valence-electron chi connectivity index (χ2n) is 2.26. The molecule has 3 heteroatoms. The minimum absolute atomic E-state index is 0.168. The van der Waals surface area contributed by atoms with Gasteiger partial charge in [0.15, 0.2) is 0 Å². The molecule has 1 rings (SSSR count). The predicted molar refractivity (Wildman–Crippen MR) is 39.9 cm³/mol. The summed E-state index contributed by atoms with van der Waals surface area (Å²) >= 11 is 0. The van der Waals surface area contributed by atoms with Crippen LogP contribution >= 0.6 is 0 Å². The number of hydrogen-bond donors (Lipinski definition) is 0. The van der Waals surface area contributed by atoms with Crippen LogP contribution < -0.4 is 0 Å². The van der Waals surface area contributed by atoms with Crippen LogP contribution in [-0.4, -0.2) is 30.1 Å². The Hall–Kier alpha value is -1.12. The summed E-state index contributed by atoms with van der Waals surface area (Å²) in [6.07, 6.45) is 5.43. The highest BCUT2D eigenvalue weighted by molar-refractivity contribution is 5.78. The van der Waals surface area contributed by atoms with Gasteiger partial charge in [-0.3, -0.25) is 9.79 Å². The van der Waals surface area contributed by atoms with Crippen LogP contribution in [0, 0.1) is 0 Å². The molecule has 0 aromatic heterocycles. The van der Waals surface area contributed by atoms with Gasteiger partial charge in [0.1, 0.15) is 12.5 Å². The minimum atomic E-state index is 0.168. The zero-order chi connectivity index (χ0) is 7.40. The number of ketones is 1. The van der Waals surface area contributed by atoms with Crippen molar-refractivity contribution in [3.8, 4) is 0 Å². The molecule has 1 heterocycles. The summed E-state index contributed by atoms with van der Waals surface area (Å²) in [5.74, 6) is 0.168. The van der Waals surface area contributed by atoms with Crippen molar-refractivity contribution in [1.82, 2.24) is 4.90 Å². The Morgan fingerprint density at radius 3 is 3.10 bits per heavy atom. The lowest BCUT2D eigenvalue weighted by molar-refractivity contribution is -0.117. The second kappa shape index (κ2) is 3.15. The van der Waals surface area contributed by atoms with Crippen LogP contribution in [0.2, 0.25) is 0 Å². The predicted octanol–water partition coefficient (Wildman–Crippen LogP) is 0.433. The first-order chi connectivity index (χ1) is 4.79. The third kappa shape index (κ3) is 2.01. The monoisotopic (exact) mass is 138 g/mol. The molecule has 0 unspecified atom stereocenters. The van der Waals surface area contributed by atoms with E-state index in [-0.39, 0.29) is 5.78 Å². The SMILES string of the molecule is CC(=O)CN1C=CC=NC1. The lowest BCUT2D eigenvalue weighted by Crippen LogP contribution is -2.25. The van der Waals surface area contributed by atoms with E-state index in [4.69, 9.17) is 0 Å². The average Bonchev–Trinajstić information content (AvgIpc) is 1.88. The molecule has 1 aliphatic heterocycles. The first kappa shape index (κ1) is 6.99. The van der Waals surface area contributed by atoms with Gasteiger partial charge >= 0.3 is 0 Å². The largest absolute Gasteiger partial charge is 0.351 e. The van der Waals surface area contributed by atoms with Crippen LogP contribution in [0.3, 0.4) is 0 Å². The molecule has 0 atom stereocenters. The molecule has 3 nitrogen and oxygen atoms in total. The van der Waals surface area contributed by atoms with Crippen LogP contribution in [0.5, 0.6) is 0 Å². The summed E-state index contributed by atoms with van der Waals surface area (Å²) in [6.45, 7) is 2.65. The Morgan fingerprint density at radius 2 is 2.60 bits per heavy atom. The molecule has 0 fully saturated rings. The number of hydrogen-bond acceptors (Lipinski definition) is 3. The van der Waals surface area contributed by atoms with E-state index in [0.717, 1.165) is 0 Å². The van der Waals surface area contributed by atoms with Gasteiger partial charge in [-0.05, 0) is 13.0 Å². The Labute approximate surface area is 60.1 Å². The molecule has 0 N–H and O–H groups in total. The normalized spacial score (nSPS) is 15.9. The van der Waals surface area contributed by atoms with Gasteiger partial charge in [-0.15, -0.1) is 0 Å². The van der Waals surface area contributed by atoms with Crippen molar-refractivity contribution < 1.29 is 4.79 Å². The van der Waals surface area contributed by atoms with E-state index in [0.29, 0.717) is 13.2 Å². The Kier molecular flexibility index (Phi) is 2.20. The molecule has 54 valence electrons. The summed E-state index contributed by atoms with van der Waals surface area (Å²) < 4.78 is 0. The standard InChI is InChI=1S/C7H10N2O/c1-7(10)5-9-4-2-3-8-6-9/h2-4H,5-6H2,1H3. The van der Waals surface area contributed by atoms with Crippen LogP contribution in [0.1, 0.15) is 6.92 Å². The molecule has 0 aromatic rings. The highest BCUT2D eigenvalue weighted by Gasteiger charge is 2.01. The number of carbonyl (C=O) groups is 1. The minimum Gasteiger partial charge on any atom is -0.351 e. The van der Waals surface area contributed by atoms with Gasteiger partial charge < -0.3 is 4.90 Å². The van der Waals surface area contributed by atoms with Gasteiger partial charge in [0.05, 0.1) is 6.54 Å². The van der Waals surface area contributed by atoms with Crippen LogP contribution in [-0.2, 0) is 4.79 Å². The maximum atomic E-state index is 10.6. The molecule has 1 aliphatic rings. The topological polar surface area (TPSA) is 32.7 Å². The molecule has 0 spiro atoms. The molecule has 0 saturated carbocycles. The maximum Gasteiger partial charge on any atom is 0.149 e. The Bertz CT molecular complexity index is 184. The highest BCUT2D eigenvalue weighted by atomic mass is 16.1. The maximum absolute atomic E-state index is 10.6. The molecule has 10 heavy (non-hydrogen) atoms. The summed E-state index contributed by atoms with van der Waals surface area (Å²) in [7, 11) is 0. The van der Waals surface area contributed by atoms with Crippen molar-refractivity contribution in [3.63, 3.8) is 0 Å². The number of Topliss-reactive ketones (excluding diaryl/α,β-unsaturated/α-hetero) is 1. The average molecular weight is 138 g/mol. The summed E-state index contributed by atoms with van der Waals surface area (Å²) in [5.41, 5.74) is 0. The van der Waals surface area contributed by atoms with Gasteiger partial charge in [-0.2, -0.15) is 0 Å². The van der Waals surface area contributed by atoms with E-state index in [2.05, 4.69) is 4.99 Å². The zero-order valence-corrected chi connectivity index (χ0v) is 5.95. The Morgan fingerprint density at radius 1 is 1.80 bits per heavy atom. The fourth-order valence-corrected chi connectivity index (χ4v) is 0.809. The third-order valence-electron chi connectivity index (χ3n) is 1.18. The van der Waals surface area contributed by atoms with Crippen molar-refractivity contribution in [2.75, 3.05) is 13.2 Å². The van der Waals surface area contributed by atoms with Gasteiger partial charge in [0, 0.05) is 12.4 Å². The number of allylic oxidation sites excluding steroid dienone is 1. The van der Waals surface area contributed by atoms with Crippen molar-refractivity contribution >= 4 is 12.0 Å². The molecular weight excluding hydrogens is 128 g/mol. The number of carbonyl (C=O) groups excluding carboxylic acids is 1.